The highest BCUT2D eigenvalue weighted by atomic mass is 35.5. The predicted molar refractivity (Wildman–Crippen MR) is 64.4 cm³/mol. The second-order valence-corrected chi connectivity index (χ2v) is 2.82. The maximum absolute atomic E-state index is 5.30. The Morgan fingerprint density at radius 1 is 1.27 bits per heavy atom. The number of nitrogens with zero attached hydrogens (tertiary/aromatic N) is 1. The van der Waals surface area contributed by atoms with Crippen molar-refractivity contribution in [3.8, 4) is 5.75 Å². The summed E-state index contributed by atoms with van der Waals surface area (Å²) in [6.45, 7) is 3.13. The van der Waals surface area contributed by atoms with Crippen molar-refractivity contribution < 1.29 is 4.74 Å². The first-order chi connectivity index (χ1) is 6.72. The van der Waals surface area contributed by atoms with Crippen molar-refractivity contribution in [2.24, 2.45) is 16.5 Å². The molecule has 0 spiro atoms. The number of benzene rings is 1. The van der Waals surface area contributed by atoms with Crippen LogP contribution in [0.25, 0.3) is 0 Å². The number of aliphatic imine (C=N–C) groups is 1. The van der Waals surface area contributed by atoms with Gasteiger partial charge in [0.15, 0.2) is 5.96 Å². The van der Waals surface area contributed by atoms with E-state index in [4.69, 9.17) is 16.2 Å². The Kier molecular flexibility index (Phi) is 6.29. The highest BCUT2D eigenvalue weighted by Crippen LogP contribution is 2.12. The summed E-state index contributed by atoms with van der Waals surface area (Å²) in [5.41, 5.74) is 11.5. The summed E-state index contributed by atoms with van der Waals surface area (Å²) in [4.78, 5) is 3.90. The van der Waals surface area contributed by atoms with Crippen LogP contribution in [0.1, 0.15) is 12.5 Å². The minimum atomic E-state index is 0. The smallest absolute Gasteiger partial charge is 0.186 e. The quantitative estimate of drug-likeness (QED) is 0.604. The van der Waals surface area contributed by atoms with E-state index in [1.165, 1.54) is 0 Å². The van der Waals surface area contributed by atoms with E-state index in [1.54, 1.807) is 0 Å². The van der Waals surface area contributed by atoms with Gasteiger partial charge in [0, 0.05) is 0 Å². The fourth-order valence-corrected chi connectivity index (χ4v) is 1.04. The molecule has 0 unspecified atom stereocenters. The van der Waals surface area contributed by atoms with Gasteiger partial charge in [-0.1, -0.05) is 12.1 Å². The molecule has 0 fully saturated rings. The van der Waals surface area contributed by atoms with E-state index in [1.807, 2.05) is 31.2 Å². The summed E-state index contributed by atoms with van der Waals surface area (Å²) in [6.07, 6.45) is 0. The van der Waals surface area contributed by atoms with E-state index < -0.39 is 0 Å². The zero-order valence-electron chi connectivity index (χ0n) is 8.64. The first-order valence-electron chi connectivity index (χ1n) is 4.49. The molecule has 5 heteroatoms. The predicted octanol–water partition coefficient (Wildman–Crippen LogP) is 1.28. The minimum Gasteiger partial charge on any atom is -0.494 e. The second-order valence-electron chi connectivity index (χ2n) is 2.82. The topological polar surface area (TPSA) is 73.6 Å². The standard InChI is InChI=1S/C10H15N3O.ClH/c1-2-14-9-5-3-8(4-6-9)7-13-10(11)12;/h3-6H,2,7H2,1H3,(H4,11,12,13);1H. The van der Waals surface area contributed by atoms with E-state index in [0.29, 0.717) is 13.2 Å². The van der Waals surface area contributed by atoms with Crippen LogP contribution in [0, 0.1) is 0 Å². The lowest BCUT2D eigenvalue weighted by atomic mass is 10.2. The van der Waals surface area contributed by atoms with Crippen molar-refractivity contribution in [1.29, 1.82) is 0 Å². The lowest BCUT2D eigenvalue weighted by Gasteiger charge is -2.03. The molecule has 1 aromatic carbocycles. The zero-order chi connectivity index (χ0) is 10.4. The third-order valence-corrected chi connectivity index (χ3v) is 1.68. The van der Waals surface area contributed by atoms with Crippen LogP contribution in [0.5, 0.6) is 5.75 Å². The van der Waals surface area contributed by atoms with Gasteiger partial charge in [-0.15, -0.1) is 12.4 Å². The molecular weight excluding hydrogens is 214 g/mol. The summed E-state index contributed by atoms with van der Waals surface area (Å²) in [5, 5.41) is 0. The van der Waals surface area contributed by atoms with Gasteiger partial charge >= 0.3 is 0 Å². The Morgan fingerprint density at radius 2 is 1.87 bits per heavy atom. The lowest BCUT2D eigenvalue weighted by Crippen LogP contribution is -2.22. The number of hydrogen-bond donors (Lipinski definition) is 2. The molecule has 0 saturated carbocycles. The Bertz CT molecular complexity index is 307. The van der Waals surface area contributed by atoms with Gasteiger partial charge in [0.2, 0.25) is 0 Å². The SMILES string of the molecule is CCOc1ccc(CN=C(N)N)cc1.Cl. The average Bonchev–Trinajstić information content (AvgIpc) is 2.17. The minimum absolute atomic E-state index is 0. The van der Waals surface area contributed by atoms with Crippen molar-refractivity contribution in [2.75, 3.05) is 6.61 Å². The van der Waals surface area contributed by atoms with Gasteiger partial charge in [0.1, 0.15) is 5.75 Å². The highest BCUT2D eigenvalue weighted by Gasteiger charge is 1.93. The van der Waals surface area contributed by atoms with E-state index >= 15 is 0 Å². The fourth-order valence-electron chi connectivity index (χ4n) is 1.04. The van der Waals surface area contributed by atoms with Crippen molar-refractivity contribution in [2.45, 2.75) is 13.5 Å². The van der Waals surface area contributed by atoms with E-state index in [9.17, 15) is 0 Å². The summed E-state index contributed by atoms with van der Waals surface area (Å²) in [5.74, 6) is 0.972. The summed E-state index contributed by atoms with van der Waals surface area (Å²) in [7, 11) is 0. The Morgan fingerprint density at radius 3 is 2.33 bits per heavy atom. The third-order valence-electron chi connectivity index (χ3n) is 1.68. The van der Waals surface area contributed by atoms with Crippen LogP contribution >= 0.6 is 12.4 Å². The van der Waals surface area contributed by atoms with E-state index in [2.05, 4.69) is 4.99 Å². The van der Waals surface area contributed by atoms with E-state index in [-0.39, 0.29) is 18.4 Å². The lowest BCUT2D eigenvalue weighted by molar-refractivity contribution is 0.340. The normalized spacial score (nSPS) is 8.87. The Balaban J connectivity index is 0.00000196. The monoisotopic (exact) mass is 229 g/mol. The molecular formula is C10H16ClN3O. The molecule has 84 valence electrons. The first kappa shape index (κ1) is 13.6. The molecule has 0 heterocycles. The van der Waals surface area contributed by atoms with Crippen molar-refractivity contribution in [3.05, 3.63) is 29.8 Å². The molecule has 0 saturated heterocycles. The molecule has 0 aromatic heterocycles. The van der Waals surface area contributed by atoms with Crippen LogP contribution in [0.2, 0.25) is 0 Å². The molecule has 0 aliphatic heterocycles. The molecule has 0 amide bonds. The highest BCUT2D eigenvalue weighted by molar-refractivity contribution is 5.85. The van der Waals surface area contributed by atoms with E-state index in [0.717, 1.165) is 11.3 Å². The van der Waals surface area contributed by atoms with Crippen LogP contribution in [-0.4, -0.2) is 12.6 Å². The number of ether oxygens (including phenoxy) is 1. The number of halogens is 1. The van der Waals surface area contributed by atoms with Gasteiger partial charge in [-0.2, -0.15) is 0 Å². The van der Waals surface area contributed by atoms with Gasteiger partial charge in [-0.05, 0) is 24.6 Å². The van der Waals surface area contributed by atoms with Crippen LogP contribution in [0.3, 0.4) is 0 Å². The zero-order valence-corrected chi connectivity index (χ0v) is 9.46. The number of nitrogens with two attached hydrogens (primary N) is 2. The molecule has 0 bridgehead atoms. The molecule has 4 N–H and O–H groups in total. The van der Waals surface area contributed by atoms with Crippen molar-refractivity contribution in [1.82, 2.24) is 0 Å². The summed E-state index contributed by atoms with van der Waals surface area (Å²) < 4.78 is 5.30. The Labute approximate surface area is 95.7 Å². The molecule has 4 nitrogen and oxygen atoms in total. The van der Waals surface area contributed by atoms with Crippen LogP contribution in [0.4, 0.5) is 0 Å². The molecule has 1 rings (SSSR count). The number of rotatable bonds is 4. The molecule has 0 aliphatic rings. The molecule has 1 aromatic rings. The van der Waals surface area contributed by atoms with Gasteiger partial charge in [-0.25, -0.2) is 4.99 Å². The second kappa shape index (κ2) is 6.95. The molecule has 15 heavy (non-hydrogen) atoms. The molecule has 0 atom stereocenters. The van der Waals surface area contributed by atoms with Crippen LogP contribution in [0.15, 0.2) is 29.3 Å². The number of hydrogen-bond acceptors (Lipinski definition) is 2. The van der Waals surface area contributed by atoms with Crippen LogP contribution in [-0.2, 0) is 6.54 Å². The third kappa shape index (κ3) is 5.12. The summed E-state index contributed by atoms with van der Waals surface area (Å²) >= 11 is 0. The van der Waals surface area contributed by atoms with Gasteiger partial charge in [0.25, 0.3) is 0 Å². The Hall–Kier alpha value is -1.42. The van der Waals surface area contributed by atoms with Gasteiger partial charge in [0.05, 0.1) is 13.2 Å². The molecule has 0 radical (unpaired) electrons. The first-order valence-corrected chi connectivity index (χ1v) is 4.49. The van der Waals surface area contributed by atoms with Crippen molar-refractivity contribution in [3.63, 3.8) is 0 Å². The summed E-state index contributed by atoms with van der Waals surface area (Å²) in [6, 6.07) is 7.69. The maximum atomic E-state index is 5.30. The van der Waals surface area contributed by atoms with Gasteiger partial charge in [-0.3, -0.25) is 0 Å². The maximum Gasteiger partial charge on any atom is 0.186 e. The number of guanidine groups is 1. The average molecular weight is 230 g/mol. The largest absolute Gasteiger partial charge is 0.494 e. The fraction of sp³-hybridized carbons (Fsp3) is 0.300. The van der Waals surface area contributed by atoms with Gasteiger partial charge < -0.3 is 16.2 Å². The molecule has 0 aliphatic carbocycles. The van der Waals surface area contributed by atoms with Crippen molar-refractivity contribution >= 4 is 18.4 Å². The van der Waals surface area contributed by atoms with Crippen LogP contribution < -0.4 is 16.2 Å².